The predicted octanol–water partition coefficient (Wildman–Crippen LogP) is -0.846. The number of aliphatic hydroxyl groups excluding tert-OH is 1. The van der Waals surface area contributed by atoms with Crippen LogP contribution in [-0.2, 0) is 25.6 Å². The monoisotopic (exact) mass is 436 g/mol. The van der Waals surface area contributed by atoms with Crippen LogP contribution in [0.15, 0.2) is 30.3 Å². The SMILES string of the molecule is CC(C)CC(NC(=O)C(N)CO)C(=O)NC(C)C(=O)NC(Cc1ccccc1)C(=O)O. The third-order valence-corrected chi connectivity index (χ3v) is 4.52. The van der Waals surface area contributed by atoms with E-state index in [1.807, 2.05) is 13.8 Å². The zero-order valence-corrected chi connectivity index (χ0v) is 18.0. The number of amides is 3. The summed E-state index contributed by atoms with van der Waals surface area (Å²) in [5.41, 5.74) is 6.22. The van der Waals surface area contributed by atoms with Gasteiger partial charge < -0.3 is 31.9 Å². The van der Waals surface area contributed by atoms with Crippen LogP contribution in [0.3, 0.4) is 0 Å². The Labute approximate surface area is 181 Å². The molecule has 0 saturated carbocycles. The summed E-state index contributed by atoms with van der Waals surface area (Å²) in [4.78, 5) is 48.6. The van der Waals surface area contributed by atoms with Gasteiger partial charge in [-0.25, -0.2) is 4.79 Å². The molecule has 1 aromatic rings. The molecule has 0 bridgehead atoms. The first-order valence-corrected chi connectivity index (χ1v) is 10.1. The van der Waals surface area contributed by atoms with Crippen molar-refractivity contribution in [3.63, 3.8) is 0 Å². The smallest absolute Gasteiger partial charge is 0.326 e. The number of benzene rings is 1. The number of carboxylic acid groups (broad SMARTS) is 1. The molecule has 0 aliphatic heterocycles. The number of carbonyl (C=O) groups is 4. The summed E-state index contributed by atoms with van der Waals surface area (Å²) in [6, 6.07) is 4.52. The van der Waals surface area contributed by atoms with Crippen molar-refractivity contribution in [1.29, 1.82) is 0 Å². The molecule has 4 unspecified atom stereocenters. The fourth-order valence-electron chi connectivity index (χ4n) is 2.79. The molecule has 0 fully saturated rings. The Balaban J connectivity index is 2.76. The topological polar surface area (TPSA) is 171 Å². The molecule has 1 rings (SSSR count). The summed E-state index contributed by atoms with van der Waals surface area (Å²) in [5.74, 6) is -3.11. The fourth-order valence-corrected chi connectivity index (χ4v) is 2.79. The average molecular weight is 437 g/mol. The van der Waals surface area contributed by atoms with Crippen molar-refractivity contribution in [2.24, 2.45) is 11.7 Å². The number of rotatable bonds is 12. The molecule has 0 heterocycles. The molecule has 31 heavy (non-hydrogen) atoms. The Morgan fingerprint density at radius 2 is 1.48 bits per heavy atom. The lowest BCUT2D eigenvalue weighted by Crippen LogP contribution is -2.57. The molecule has 0 aliphatic rings. The van der Waals surface area contributed by atoms with E-state index < -0.39 is 54.5 Å². The minimum Gasteiger partial charge on any atom is -0.480 e. The van der Waals surface area contributed by atoms with Crippen LogP contribution in [0.2, 0.25) is 0 Å². The second-order valence-corrected chi connectivity index (χ2v) is 7.80. The number of aliphatic hydroxyl groups is 1. The molecular formula is C21H32N4O6. The molecule has 0 radical (unpaired) electrons. The van der Waals surface area contributed by atoms with Crippen molar-refractivity contribution in [1.82, 2.24) is 16.0 Å². The molecule has 0 spiro atoms. The minimum atomic E-state index is -1.20. The van der Waals surface area contributed by atoms with Gasteiger partial charge >= 0.3 is 5.97 Å². The summed E-state index contributed by atoms with van der Waals surface area (Å²) >= 11 is 0. The first kappa shape index (κ1) is 26.1. The van der Waals surface area contributed by atoms with Gasteiger partial charge in [0.1, 0.15) is 24.2 Å². The summed E-state index contributed by atoms with van der Waals surface area (Å²) < 4.78 is 0. The van der Waals surface area contributed by atoms with E-state index in [0.29, 0.717) is 0 Å². The van der Waals surface area contributed by atoms with Crippen molar-refractivity contribution in [2.75, 3.05) is 6.61 Å². The van der Waals surface area contributed by atoms with Crippen molar-refractivity contribution >= 4 is 23.7 Å². The quantitative estimate of drug-likeness (QED) is 0.248. The van der Waals surface area contributed by atoms with E-state index in [0.717, 1.165) is 5.56 Å². The predicted molar refractivity (Wildman–Crippen MR) is 114 cm³/mol. The van der Waals surface area contributed by atoms with Crippen LogP contribution < -0.4 is 21.7 Å². The number of aliphatic carboxylic acids is 1. The lowest BCUT2D eigenvalue weighted by Gasteiger charge is -2.24. The van der Waals surface area contributed by atoms with Gasteiger partial charge in [-0.05, 0) is 24.8 Å². The highest BCUT2D eigenvalue weighted by atomic mass is 16.4. The Bertz CT molecular complexity index is 755. The number of nitrogens with two attached hydrogens (primary N) is 1. The van der Waals surface area contributed by atoms with Crippen molar-refractivity contribution in [2.45, 2.75) is 57.8 Å². The Morgan fingerprint density at radius 3 is 2.00 bits per heavy atom. The first-order chi connectivity index (χ1) is 14.5. The van der Waals surface area contributed by atoms with E-state index in [1.54, 1.807) is 30.3 Å². The second-order valence-electron chi connectivity index (χ2n) is 7.80. The molecule has 0 aromatic heterocycles. The number of hydrogen-bond acceptors (Lipinski definition) is 6. The number of nitrogens with one attached hydrogen (secondary N) is 3. The molecule has 1 aromatic carbocycles. The van der Waals surface area contributed by atoms with Gasteiger partial charge in [-0.3, -0.25) is 14.4 Å². The maximum absolute atomic E-state index is 12.6. The lowest BCUT2D eigenvalue weighted by molar-refractivity contribution is -0.142. The molecule has 4 atom stereocenters. The Hall–Kier alpha value is -2.98. The van der Waals surface area contributed by atoms with Crippen LogP contribution in [-0.4, -0.2) is 64.7 Å². The van der Waals surface area contributed by atoms with E-state index in [4.69, 9.17) is 10.8 Å². The highest BCUT2D eigenvalue weighted by Crippen LogP contribution is 2.07. The molecule has 10 heteroatoms. The summed E-state index contributed by atoms with van der Waals surface area (Å²) in [6.45, 7) is 4.56. The molecular weight excluding hydrogens is 404 g/mol. The van der Waals surface area contributed by atoms with E-state index in [1.165, 1.54) is 6.92 Å². The van der Waals surface area contributed by atoms with Crippen LogP contribution >= 0.6 is 0 Å². The van der Waals surface area contributed by atoms with Crippen molar-refractivity contribution in [3.05, 3.63) is 35.9 Å². The normalized spacial score (nSPS) is 14.8. The van der Waals surface area contributed by atoms with Gasteiger partial charge in [0.2, 0.25) is 17.7 Å². The van der Waals surface area contributed by atoms with Crippen LogP contribution in [0.4, 0.5) is 0 Å². The molecule has 0 aliphatic carbocycles. The number of carboxylic acids is 1. The van der Waals surface area contributed by atoms with E-state index in [9.17, 15) is 24.3 Å². The van der Waals surface area contributed by atoms with Crippen LogP contribution in [0, 0.1) is 5.92 Å². The van der Waals surface area contributed by atoms with Crippen LogP contribution in [0.5, 0.6) is 0 Å². The largest absolute Gasteiger partial charge is 0.480 e. The zero-order valence-electron chi connectivity index (χ0n) is 18.0. The Kier molecular flexibility index (Phi) is 10.6. The van der Waals surface area contributed by atoms with E-state index in [2.05, 4.69) is 16.0 Å². The molecule has 10 nitrogen and oxygen atoms in total. The molecule has 172 valence electrons. The molecule has 0 saturated heterocycles. The van der Waals surface area contributed by atoms with Gasteiger partial charge in [-0.15, -0.1) is 0 Å². The van der Waals surface area contributed by atoms with E-state index >= 15 is 0 Å². The van der Waals surface area contributed by atoms with E-state index in [-0.39, 0.29) is 18.8 Å². The zero-order chi connectivity index (χ0) is 23.6. The van der Waals surface area contributed by atoms with Gasteiger partial charge in [0.15, 0.2) is 0 Å². The third kappa shape index (κ3) is 9.14. The number of carbonyl (C=O) groups excluding carboxylic acids is 3. The van der Waals surface area contributed by atoms with Gasteiger partial charge in [0.25, 0.3) is 0 Å². The minimum absolute atomic E-state index is 0.0489. The number of hydrogen-bond donors (Lipinski definition) is 6. The van der Waals surface area contributed by atoms with Crippen molar-refractivity contribution < 1.29 is 29.4 Å². The highest BCUT2D eigenvalue weighted by Gasteiger charge is 2.28. The van der Waals surface area contributed by atoms with Crippen LogP contribution in [0.1, 0.15) is 32.8 Å². The maximum Gasteiger partial charge on any atom is 0.326 e. The lowest BCUT2D eigenvalue weighted by atomic mass is 10.0. The van der Waals surface area contributed by atoms with Gasteiger partial charge in [0, 0.05) is 6.42 Å². The molecule has 7 N–H and O–H groups in total. The summed E-state index contributed by atoms with van der Waals surface area (Å²) in [7, 11) is 0. The molecule has 3 amide bonds. The van der Waals surface area contributed by atoms with Gasteiger partial charge in [-0.1, -0.05) is 44.2 Å². The van der Waals surface area contributed by atoms with Gasteiger partial charge in [0.05, 0.1) is 6.61 Å². The Morgan fingerprint density at radius 1 is 0.903 bits per heavy atom. The average Bonchev–Trinajstić information content (AvgIpc) is 2.72. The maximum atomic E-state index is 12.6. The second kappa shape index (κ2) is 12.7. The first-order valence-electron chi connectivity index (χ1n) is 10.1. The summed E-state index contributed by atoms with van der Waals surface area (Å²) in [6.07, 6.45) is 0.378. The van der Waals surface area contributed by atoms with Crippen LogP contribution in [0.25, 0.3) is 0 Å². The fraction of sp³-hybridized carbons (Fsp3) is 0.524. The highest BCUT2D eigenvalue weighted by molar-refractivity contribution is 5.93. The summed E-state index contributed by atoms with van der Waals surface area (Å²) in [5, 5.41) is 25.8. The third-order valence-electron chi connectivity index (χ3n) is 4.52. The van der Waals surface area contributed by atoms with Gasteiger partial charge in [-0.2, -0.15) is 0 Å². The van der Waals surface area contributed by atoms with Crippen molar-refractivity contribution in [3.8, 4) is 0 Å². The standard InChI is InChI=1S/C21H32N4O6/c1-12(2)9-16(24-19(28)15(22)11-26)20(29)23-13(3)18(27)25-17(21(30)31)10-14-7-5-4-6-8-14/h4-8,12-13,15-17,26H,9-11,22H2,1-3H3,(H,23,29)(H,24,28)(H,25,27)(H,30,31).